The van der Waals surface area contributed by atoms with E-state index in [1.54, 1.807) is 0 Å². The second-order valence-electron chi connectivity index (χ2n) is 3.99. The van der Waals surface area contributed by atoms with Gasteiger partial charge in [0.25, 0.3) is 0 Å². The fourth-order valence-electron chi connectivity index (χ4n) is 1.92. The van der Waals surface area contributed by atoms with Crippen LogP contribution in [0.3, 0.4) is 0 Å². The summed E-state index contributed by atoms with van der Waals surface area (Å²) in [7, 11) is 0. The van der Waals surface area contributed by atoms with Crippen molar-refractivity contribution in [2.24, 2.45) is 5.92 Å². The average molecular weight is 179 g/mol. The lowest BCUT2D eigenvalue weighted by Gasteiger charge is -2.34. The fourth-order valence-corrected chi connectivity index (χ4v) is 1.92. The number of nitrogens with one attached hydrogen (secondary N) is 1. The SMILES string of the molecule is C#CCCC(NCCC)C1CCC1. The van der Waals surface area contributed by atoms with Gasteiger partial charge in [0.2, 0.25) is 0 Å². The highest BCUT2D eigenvalue weighted by molar-refractivity contribution is 4.89. The monoisotopic (exact) mass is 179 g/mol. The van der Waals surface area contributed by atoms with Crippen molar-refractivity contribution in [3.8, 4) is 12.3 Å². The molecule has 1 aliphatic rings. The van der Waals surface area contributed by atoms with Crippen molar-refractivity contribution in [1.29, 1.82) is 0 Å². The van der Waals surface area contributed by atoms with E-state index in [2.05, 4.69) is 18.2 Å². The van der Waals surface area contributed by atoms with Gasteiger partial charge in [-0.25, -0.2) is 0 Å². The van der Waals surface area contributed by atoms with Gasteiger partial charge in [0.15, 0.2) is 0 Å². The summed E-state index contributed by atoms with van der Waals surface area (Å²) in [6.45, 7) is 3.36. The second kappa shape index (κ2) is 6.05. The van der Waals surface area contributed by atoms with Crippen LogP contribution in [0.2, 0.25) is 0 Å². The van der Waals surface area contributed by atoms with Crippen molar-refractivity contribution in [3.63, 3.8) is 0 Å². The van der Waals surface area contributed by atoms with Crippen LogP contribution in [0.1, 0.15) is 45.4 Å². The zero-order chi connectivity index (χ0) is 9.52. The first-order valence-corrected chi connectivity index (χ1v) is 5.55. The Morgan fingerprint density at radius 3 is 2.77 bits per heavy atom. The van der Waals surface area contributed by atoms with Crippen LogP contribution in [0, 0.1) is 18.3 Å². The molecule has 1 unspecified atom stereocenters. The summed E-state index contributed by atoms with van der Waals surface area (Å²) < 4.78 is 0. The van der Waals surface area contributed by atoms with Crippen LogP contribution < -0.4 is 5.32 Å². The standard InChI is InChI=1S/C12H21N/c1-3-5-9-12(13-10-4-2)11-7-6-8-11/h1,11-13H,4-10H2,2H3. The summed E-state index contributed by atoms with van der Waals surface area (Å²) in [4.78, 5) is 0. The molecule has 1 heteroatoms. The molecule has 1 N–H and O–H groups in total. The Bertz CT molecular complexity index is 164. The molecule has 0 aromatic heterocycles. The second-order valence-corrected chi connectivity index (χ2v) is 3.99. The lowest BCUT2D eigenvalue weighted by atomic mass is 9.78. The quantitative estimate of drug-likeness (QED) is 0.618. The molecule has 1 saturated carbocycles. The Balaban J connectivity index is 2.21. The van der Waals surface area contributed by atoms with Crippen LogP contribution >= 0.6 is 0 Å². The molecule has 1 atom stereocenters. The topological polar surface area (TPSA) is 12.0 Å². The Morgan fingerprint density at radius 1 is 1.54 bits per heavy atom. The number of rotatable bonds is 6. The Hall–Kier alpha value is -0.480. The maximum absolute atomic E-state index is 5.29. The molecule has 0 aromatic rings. The first-order valence-electron chi connectivity index (χ1n) is 5.55. The van der Waals surface area contributed by atoms with Crippen molar-refractivity contribution in [2.75, 3.05) is 6.54 Å². The van der Waals surface area contributed by atoms with Gasteiger partial charge in [0.05, 0.1) is 0 Å². The van der Waals surface area contributed by atoms with Gasteiger partial charge in [-0.1, -0.05) is 13.3 Å². The molecule has 1 nitrogen and oxygen atoms in total. The molecular formula is C12H21N. The van der Waals surface area contributed by atoms with E-state index in [-0.39, 0.29) is 0 Å². The van der Waals surface area contributed by atoms with Gasteiger partial charge in [-0.3, -0.25) is 0 Å². The number of terminal acetylenes is 1. The van der Waals surface area contributed by atoms with Gasteiger partial charge in [-0.15, -0.1) is 12.3 Å². The average Bonchev–Trinajstić information content (AvgIpc) is 2.06. The van der Waals surface area contributed by atoms with Crippen molar-refractivity contribution in [3.05, 3.63) is 0 Å². The van der Waals surface area contributed by atoms with Gasteiger partial charge < -0.3 is 5.32 Å². The van der Waals surface area contributed by atoms with E-state index in [4.69, 9.17) is 6.42 Å². The highest BCUT2D eigenvalue weighted by Crippen LogP contribution is 2.31. The minimum atomic E-state index is 0.699. The number of hydrogen-bond donors (Lipinski definition) is 1. The van der Waals surface area contributed by atoms with Crippen LogP contribution in [0.5, 0.6) is 0 Å². The predicted molar refractivity (Wildman–Crippen MR) is 57.5 cm³/mol. The highest BCUT2D eigenvalue weighted by atomic mass is 14.9. The van der Waals surface area contributed by atoms with Gasteiger partial charge in [-0.05, 0) is 38.1 Å². The maximum atomic E-state index is 5.29. The molecule has 74 valence electrons. The molecular weight excluding hydrogens is 158 g/mol. The van der Waals surface area contributed by atoms with Gasteiger partial charge in [0, 0.05) is 12.5 Å². The Morgan fingerprint density at radius 2 is 2.31 bits per heavy atom. The van der Waals surface area contributed by atoms with Crippen molar-refractivity contribution >= 4 is 0 Å². The van der Waals surface area contributed by atoms with E-state index in [1.165, 1.54) is 32.1 Å². The molecule has 1 aliphatic carbocycles. The minimum Gasteiger partial charge on any atom is -0.314 e. The molecule has 0 aliphatic heterocycles. The summed E-state index contributed by atoms with van der Waals surface area (Å²) in [5.74, 6) is 3.65. The van der Waals surface area contributed by atoms with E-state index in [1.807, 2.05) is 0 Å². The molecule has 1 fully saturated rings. The van der Waals surface area contributed by atoms with E-state index < -0.39 is 0 Å². The van der Waals surface area contributed by atoms with Crippen molar-refractivity contribution < 1.29 is 0 Å². The largest absolute Gasteiger partial charge is 0.314 e. The Labute approximate surface area is 82.3 Å². The van der Waals surface area contributed by atoms with Crippen LogP contribution in [0.4, 0.5) is 0 Å². The first-order chi connectivity index (χ1) is 6.38. The van der Waals surface area contributed by atoms with Gasteiger partial charge in [-0.2, -0.15) is 0 Å². The normalized spacial score (nSPS) is 19.1. The summed E-state index contributed by atoms with van der Waals surface area (Å²) >= 11 is 0. The van der Waals surface area contributed by atoms with Crippen LogP contribution in [0.25, 0.3) is 0 Å². The van der Waals surface area contributed by atoms with Crippen LogP contribution in [-0.2, 0) is 0 Å². The lowest BCUT2D eigenvalue weighted by molar-refractivity contribution is 0.221. The molecule has 13 heavy (non-hydrogen) atoms. The molecule has 0 amide bonds. The lowest BCUT2D eigenvalue weighted by Crippen LogP contribution is -2.39. The zero-order valence-electron chi connectivity index (χ0n) is 8.68. The molecule has 0 heterocycles. The van der Waals surface area contributed by atoms with Gasteiger partial charge in [0.1, 0.15) is 0 Å². The fraction of sp³-hybridized carbons (Fsp3) is 0.833. The van der Waals surface area contributed by atoms with Gasteiger partial charge >= 0.3 is 0 Å². The van der Waals surface area contributed by atoms with E-state index in [0.29, 0.717) is 6.04 Å². The predicted octanol–water partition coefficient (Wildman–Crippen LogP) is 2.57. The van der Waals surface area contributed by atoms with Crippen molar-refractivity contribution in [2.45, 2.75) is 51.5 Å². The first kappa shape index (κ1) is 10.6. The Kier molecular flexibility index (Phi) is 4.93. The maximum Gasteiger partial charge on any atom is 0.0104 e. The van der Waals surface area contributed by atoms with E-state index in [9.17, 15) is 0 Å². The molecule has 0 saturated heterocycles. The molecule has 1 rings (SSSR count). The third kappa shape index (κ3) is 3.40. The molecule has 0 aromatic carbocycles. The van der Waals surface area contributed by atoms with E-state index in [0.717, 1.165) is 18.9 Å². The molecule has 0 radical (unpaired) electrons. The van der Waals surface area contributed by atoms with E-state index >= 15 is 0 Å². The summed E-state index contributed by atoms with van der Waals surface area (Å²) in [6, 6.07) is 0.699. The van der Waals surface area contributed by atoms with Crippen LogP contribution in [0.15, 0.2) is 0 Å². The number of hydrogen-bond acceptors (Lipinski definition) is 1. The van der Waals surface area contributed by atoms with Crippen LogP contribution in [-0.4, -0.2) is 12.6 Å². The minimum absolute atomic E-state index is 0.699. The molecule has 0 bridgehead atoms. The zero-order valence-corrected chi connectivity index (χ0v) is 8.68. The smallest absolute Gasteiger partial charge is 0.0104 e. The third-order valence-electron chi connectivity index (χ3n) is 2.98. The summed E-state index contributed by atoms with van der Waals surface area (Å²) in [5.41, 5.74) is 0. The highest BCUT2D eigenvalue weighted by Gasteiger charge is 2.25. The third-order valence-corrected chi connectivity index (χ3v) is 2.98. The summed E-state index contributed by atoms with van der Waals surface area (Å²) in [6.07, 6.45) is 12.8. The summed E-state index contributed by atoms with van der Waals surface area (Å²) in [5, 5.41) is 3.61. The van der Waals surface area contributed by atoms with Crippen molar-refractivity contribution in [1.82, 2.24) is 5.32 Å². The molecule has 0 spiro atoms.